The maximum atomic E-state index is 12.1. The van der Waals surface area contributed by atoms with Gasteiger partial charge in [0.15, 0.2) is 6.23 Å². The molecule has 12 nitrogen and oxygen atoms in total. The summed E-state index contributed by atoms with van der Waals surface area (Å²) in [4.78, 5) is 44.8. The normalized spacial score (nSPS) is 24.2. The molecule has 1 unspecified atom stereocenters. The summed E-state index contributed by atoms with van der Waals surface area (Å²) in [5.74, 6) is -0.449. The van der Waals surface area contributed by atoms with Gasteiger partial charge in [-0.25, -0.2) is 9.78 Å². The first-order valence-corrected chi connectivity index (χ1v) is 8.81. The Kier molecular flexibility index (Phi) is 6.39. The van der Waals surface area contributed by atoms with Crippen molar-refractivity contribution in [3.05, 3.63) is 56.9 Å². The van der Waals surface area contributed by atoms with Gasteiger partial charge in [0, 0.05) is 37.1 Å². The number of H-pyrrole nitrogens is 2. The van der Waals surface area contributed by atoms with E-state index in [1.165, 1.54) is 12.4 Å². The van der Waals surface area contributed by atoms with Crippen molar-refractivity contribution in [1.29, 1.82) is 0 Å². The highest BCUT2D eigenvalue weighted by atomic mass is 16.6. The molecule has 3 heterocycles. The summed E-state index contributed by atoms with van der Waals surface area (Å²) in [7, 11) is 0. The zero-order chi connectivity index (χ0) is 21.0. The lowest BCUT2D eigenvalue weighted by Gasteiger charge is -2.17. The number of amides is 1. The third-order valence-electron chi connectivity index (χ3n) is 4.45. The van der Waals surface area contributed by atoms with E-state index in [0.717, 1.165) is 22.5 Å². The minimum Gasteiger partial charge on any atom is -0.394 e. The molecule has 1 amide bonds. The van der Waals surface area contributed by atoms with Gasteiger partial charge < -0.3 is 30.4 Å². The van der Waals surface area contributed by atoms with Gasteiger partial charge in [0.05, 0.1) is 18.5 Å². The number of nitrogens with zero attached hydrogens (tertiary/aromatic N) is 2. The number of imidazole rings is 1. The molecule has 29 heavy (non-hydrogen) atoms. The van der Waals surface area contributed by atoms with Gasteiger partial charge in [-0.05, 0) is 6.08 Å². The molecule has 0 saturated carbocycles. The van der Waals surface area contributed by atoms with E-state index in [2.05, 4.69) is 20.3 Å². The van der Waals surface area contributed by atoms with Crippen LogP contribution < -0.4 is 16.6 Å². The van der Waals surface area contributed by atoms with Crippen molar-refractivity contribution in [3.63, 3.8) is 0 Å². The minimum absolute atomic E-state index is 0.0361. The second-order valence-corrected chi connectivity index (χ2v) is 6.43. The summed E-state index contributed by atoms with van der Waals surface area (Å²) in [5, 5.41) is 31.7. The number of carbonyl (C=O) groups excluding carboxylic acids is 1. The molecular weight excluding hydrogens is 386 g/mol. The maximum absolute atomic E-state index is 12.1. The van der Waals surface area contributed by atoms with E-state index in [-0.39, 0.29) is 5.56 Å². The number of aliphatic hydroxyl groups excluding tert-OH is 3. The van der Waals surface area contributed by atoms with Gasteiger partial charge in [-0.3, -0.25) is 19.1 Å². The monoisotopic (exact) mass is 407 g/mol. The van der Waals surface area contributed by atoms with Crippen LogP contribution in [0.2, 0.25) is 0 Å². The van der Waals surface area contributed by atoms with Crippen LogP contribution in [-0.2, 0) is 16.0 Å². The van der Waals surface area contributed by atoms with Crippen LogP contribution in [0.1, 0.15) is 17.5 Å². The number of hydrogen-bond donors (Lipinski definition) is 6. The Morgan fingerprint density at radius 2 is 2.14 bits per heavy atom. The van der Waals surface area contributed by atoms with Gasteiger partial charge in [0.25, 0.3) is 5.56 Å². The molecule has 0 aliphatic carbocycles. The molecule has 1 fully saturated rings. The second kappa shape index (κ2) is 8.96. The number of carbonyl (C=O) groups is 1. The molecule has 0 radical (unpaired) electrons. The molecule has 1 aliphatic rings. The number of rotatable bonds is 7. The van der Waals surface area contributed by atoms with Gasteiger partial charge in [0.1, 0.15) is 18.3 Å². The smallest absolute Gasteiger partial charge is 0.330 e. The lowest BCUT2D eigenvalue weighted by atomic mass is 10.1. The van der Waals surface area contributed by atoms with E-state index >= 15 is 0 Å². The van der Waals surface area contributed by atoms with Crippen molar-refractivity contribution in [2.45, 2.75) is 31.0 Å². The Morgan fingerprint density at radius 3 is 2.79 bits per heavy atom. The van der Waals surface area contributed by atoms with Crippen LogP contribution in [0.5, 0.6) is 0 Å². The Labute approximate surface area is 163 Å². The van der Waals surface area contributed by atoms with Gasteiger partial charge >= 0.3 is 5.69 Å². The summed E-state index contributed by atoms with van der Waals surface area (Å²) < 4.78 is 6.18. The molecule has 1 aliphatic heterocycles. The first-order chi connectivity index (χ1) is 13.9. The fourth-order valence-corrected chi connectivity index (χ4v) is 2.88. The first kappa shape index (κ1) is 20.7. The van der Waals surface area contributed by atoms with Crippen molar-refractivity contribution >= 4 is 12.0 Å². The largest absolute Gasteiger partial charge is 0.394 e. The lowest BCUT2D eigenvalue weighted by Crippen LogP contribution is -2.38. The Balaban J connectivity index is 1.70. The summed E-state index contributed by atoms with van der Waals surface area (Å²) in [6.07, 6.45) is 1.91. The van der Waals surface area contributed by atoms with E-state index in [0.29, 0.717) is 13.0 Å². The SMILES string of the molecule is O=C(C=Cc1cn([C@@H]2O[C@H](CO)C(O)[C@@H]2O)c(=O)[nH]c1=O)NCCc1cnc[nH]1. The fraction of sp³-hybridized carbons (Fsp3) is 0.412. The topological polar surface area (TPSA) is 183 Å². The van der Waals surface area contributed by atoms with E-state index in [1.807, 2.05) is 0 Å². The third kappa shape index (κ3) is 4.68. The number of aromatic amines is 2. The van der Waals surface area contributed by atoms with Crippen LogP contribution >= 0.6 is 0 Å². The van der Waals surface area contributed by atoms with Gasteiger partial charge in [-0.1, -0.05) is 0 Å². The minimum atomic E-state index is -1.49. The standard InChI is InChI=1S/C17H21N5O7/c23-7-11-13(25)14(26)16(29-11)22-6-9(15(27)21-17(22)28)1-2-12(24)19-4-3-10-5-18-8-20-10/h1-2,5-6,8,11,13-14,16,23,25-26H,3-4,7H2,(H,18,20)(H,19,24)(H,21,27,28)/t11-,13?,14+,16-/m1/s1. The number of ether oxygens (including phenoxy) is 1. The number of aromatic nitrogens is 4. The van der Waals surface area contributed by atoms with Crippen LogP contribution in [0, 0.1) is 0 Å². The van der Waals surface area contributed by atoms with Gasteiger partial charge in [-0.15, -0.1) is 0 Å². The highest BCUT2D eigenvalue weighted by molar-refractivity contribution is 5.91. The molecule has 2 aromatic rings. The molecule has 12 heteroatoms. The Morgan fingerprint density at radius 1 is 1.34 bits per heavy atom. The van der Waals surface area contributed by atoms with E-state index in [1.54, 1.807) is 6.20 Å². The molecule has 2 aromatic heterocycles. The van der Waals surface area contributed by atoms with Crippen LogP contribution in [0.4, 0.5) is 0 Å². The second-order valence-electron chi connectivity index (χ2n) is 6.43. The summed E-state index contributed by atoms with van der Waals surface area (Å²) in [5.41, 5.74) is -0.784. The van der Waals surface area contributed by atoms with E-state index < -0.39 is 48.3 Å². The number of hydrogen-bond acceptors (Lipinski definition) is 8. The van der Waals surface area contributed by atoms with Crippen molar-refractivity contribution in [2.75, 3.05) is 13.2 Å². The average molecular weight is 407 g/mol. The summed E-state index contributed by atoms with van der Waals surface area (Å²) in [6, 6.07) is 0. The van der Waals surface area contributed by atoms with Crippen LogP contribution in [0.25, 0.3) is 6.08 Å². The average Bonchev–Trinajstić information content (AvgIpc) is 3.30. The zero-order valence-electron chi connectivity index (χ0n) is 15.2. The molecule has 0 spiro atoms. The molecule has 0 aromatic carbocycles. The van der Waals surface area contributed by atoms with Crippen LogP contribution in [-0.4, -0.2) is 72.2 Å². The summed E-state index contributed by atoms with van der Waals surface area (Å²) >= 11 is 0. The molecule has 4 atom stereocenters. The predicted molar refractivity (Wildman–Crippen MR) is 98.7 cm³/mol. The first-order valence-electron chi connectivity index (χ1n) is 8.81. The third-order valence-corrected chi connectivity index (χ3v) is 4.45. The Hall–Kier alpha value is -3.06. The molecule has 156 valence electrons. The molecule has 6 N–H and O–H groups in total. The molecule has 1 saturated heterocycles. The van der Waals surface area contributed by atoms with Gasteiger partial charge in [-0.2, -0.15) is 0 Å². The highest BCUT2D eigenvalue weighted by Gasteiger charge is 2.43. The number of aliphatic hydroxyl groups is 3. The maximum Gasteiger partial charge on any atom is 0.330 e. The van der Waals surface area contributed by atoms with Crippen molar-refractivity contribution in [2.24, 2.45) is 0 Å². The van der Waals surface area contributed by atoms with Crippen LogP contribution in [0.15, 0.2) is 34.4 Å². The van der Waals surface area contributed by atoms with Gasteiger partial charge in [0.2, 0.25) is 5.91 Å². The van der Waals surface area contributed by atoms with E-state index in [9.17, 15) is 24.6 Å². The fourth-order valence-electron chi connectivity index (χ4n) is 2.88. The Bertz CT molecular complexity index is 981. The summed E-state index contributed by atoms with van der Waals surface area (Å²) in [6.45, 7) is -0.206. The molecule has 3 rings (SSSR count). The number of nitrogens with one attached hydrogen (secondary N) is 3. The lowest BCUT2D eigenvalue weighted by molar-refractivity contribution is -0.116. The van der Waals surface area contributed by atoms with E-state index in [4.69, 9.17) is 9.84 Å². The van der Waals surface area contributed by atoms with Crippen molar-refractivity contribution in [1.82, 2.24) is 24.8 Å². The van der Waals surface area contributed by atoms with Crippen molar-refractivity contribution in [3.8, 4) is 0 Å². The quantitative estimate of drug-likeness (QED) is 0.267. The molecule has 0 bridgehead atoms. The molecular formula is C17H21N5O7. The van der Waals surface area contributed by atoms with Crippen molar-refractivity contribution < 1.29 is 24.9 Å². The highest BCUT2D eigenvalue weighted by Crippen LogP contribution is 2.27. The zero-order valence-corrected chi connectivity index (χ0v) is 15.2. The predicted octanol–water partition coefficient (Wildman–Crippen LogP) is -2.76. The van der Waals surface area contributed by atoms with Crippen LogP contribution in [0.3, 0.4) is 0 Å².